The van der Waals surface area contributed by atoms with Crippen LogP contribution in [0.5, 0.6) is 0 Å². The summed E-state index contributed by atoms with van der Waals surface area (Å²) in [5, 5.41) is 11.0. The molecule has 0 radical (unpaired) electrons. The Morgan fingerprint density at radius 1 is 1.30 bits per heavy atom. The maximum absolute atomic E-state index is 12.4. The summed E-state index contributed by atoms with van der Waals surface area (Å²) in [5.74, 6) is -1.79. The van der Waals surface area contributed by atoms with Crippen molar-refractivity contribution < 1.29 is 22.8 Å². The number of nitrogens with zero attached hydrogens (tertiary/aromatic N) is 1. The average Bonchev–Trinajstić information content (AvgIpc) is 2.44. The molecule has 5 nitrogen and oxygen atoms in total. The fourth-order valence-electron chi connectivity index (χ4n) is 1.98. The zero-order valence-corrected chi connectivity index (χ0v) is 12.4. The van der Waals surface area contributed by atoms with Gasteiger partial charge in [-0.15, -0.1) is 0 Å². The monoisotopic (exact) mass is 327 g/mol. The van der Waals surface area contributed by atoms with Crippen molar-refractivity contribution in [2.75, 3.05) is 0 Å². The molecular weight excluding hydrogens is 311 g/mol. The normalized spacial score (nSPS) is 13.7. The van der Waals surface area contributed by atoms with Crippen LogP contribution in [0.15, 0.2) is 24.3 Å². The van der Waals surface area contributed by atoms with Crippen LogP contribution in [0.4, 0.5) is 13.2 Å². The molecule has 1 rings (SSSR count). The molecule has 8 heteroatoms. The first kappa shape index (κ1) is 18.5. The van der Waals surface area contributed by atoms with Gasteiger partial charge >= 0.3 is 6.18 Å². The van der Waals surface area contributed by atoms with Crippen LogP contribution in [0.25, 0.3) is 0 Å². The van der Waals surface area contributed by atoms with E-state index < -0.39 is 35.5 Å². The number of nitriles is 1. The third-order valence-corrected chi connectivity index (χ3v) is 3.25. The number of alkyl halides is 3. The van der Waals surface area contributed by atoms with Crippen LogP contribution in [0.1, 0.15) is 24.5 Å². The van der Waals surface area contributed by atoms with Crippen molar-refractivity contribution in [3.63, 3.8) is 0 Å². The standard InChI is InChI=1S/C15H16F3N3O2/c1-9(6-7-19)13(14(20)23)21-12(22)8-10-2-4-11(5-3-10)15(16,17)18/h2-5,9,13H,6,8H2,1H3,(H2,20,23)(H,21,22)/t9-,13-/m0/s1. The molecule has 0 aliphatic carbocycles. The number of carbonyl (C=O) groups excluding carboxylic acids is 2. The van der Waals surface area contributed by atoms with E-state index in [9.17, 15) is 22.8 Å². The SMILES string of the molecule is C[C@@H](CC#N)[C@H](NC(=O)Cc1ccc(C(F)(F)F)cc1)C(N)=O. The summed E-state index contributed by atoms with van der Waals surface area (Å²) < 4.78 is 37.3. The summed E-state index contributed by atoms with van der Waals surface area (Å²) in [6.45, 7) is 1.59. The predicted octanol–water partition coefficient (Wildman–Crippen LogP) is 1.77. The highest BCUT2D eigenvalue weighted by molar-refractivity contribution is 5.87. The molecule has 0 unspecified atom stereocenters. The van der Waals surface area contributed by atoms with Gasteiger partial charge in [0.1, 0.15) is 6.04 Å². The molecule has 3 N–H and O–H groups in total. The molecule has 124 valence electrons. The van der Waals surface area contributed by atoms with Crippen LogP contribution in [-0.4, -0.2) is 17.9 Å². The van der Waals surface area contributed by atoms with Crippen molar-refractivity contribution >= 4 is 11.8 Å². The molecule has 2 amide bonds. The minimum atomic E-state index is -4.44. The maximum Gasteiger partial charge on any atom is 0.416 e. The van der Waals surface area contributed by atoms with Gasteiger partial charge < -0.3 is 11.1 Å². The van der Waals surface area contributed by atoms with Gasteiger partial charge in [-0.3, -0.25) is 9.59 Å². The fraction of sp³-hybridized carbons (Fsp3) is 0.400. The number of rotatable bonds is 6. The van der Waals surface area contributed by atoms with E-state index >= 15 is 0 Å². The number of benzene rings is 1. The van der Waals surface area contributed by atoms with Crippen molar-refractivity contribution in [3.8, 4) is 6.07 Å². The number of primary amides is 1. The van der Waals surface area contributed by atoms with Crippen LogP contribution in [0, 0.1) is 17.2 Å². The van der Waals surface area contributed by atoms with E-state index in [0.29, 0.717) is 5.56 Å². The maximum atomic E-state index is 12.4. The van der Waals surface area contributed by atoms with Crippen LogP contribution >= 0.6 is 0 Å². The second-order valence-electron chi connectivity index (χ2n) is 5.16. The second-order valence-corrected chi connectivity index (χ2v) is 5.16. The van der Waals surface area contributed by atoms with E-state index in [0.717, 1.165) is 12.1 Å². The van der Waals surface area contributed by atoms with E-state index in [1.54, 1.807) is 6.92 Å². The lowest BCUT2D eigenvalue weighted by molar-refractivity contribution is -0.137. The van der Waals surface area contributed by atoms with Crippen LogP contribution in [0.2, 0.25) is 0 Å². The van der Waals surface area contributed by atoms with Crippen LogP contribution < -0.4 is 11.1 Å². The molecule has 23 heavy (non-hydrogen) atoms. The van der Waals surface area contributed by atoms with Gasteiger partial charge in [0.15, 0.2) is 0 Å². The fourth-order valence-corrected chi connectivity index (χ4v) is 1.98. The highest BCUT2D eigenvalue weighted by Crippen LogP contribution is 2.29. The average molecular weight is 327 g/mol. The summed E-state index contributed by atoms with van der Waals surface area (Å²) in [6, 6.07) is 5.03. The van der Waals surface area contributed by atoms with E-state index in [-0.39, 0.29) is 12.8 Å². The lowest BCUT2D eigenvalue weighted by Crippen LogP contribution is -2.48. The minimum absolute atomic E-state index is 0.0359. The van der Waals surface area contributed by atoms with Crippen molar-refractivity contribution in [3.05, 3.63) is 35.4 Å². The van der Waals surface area contributed by atoms with Gasteiger partial charge in [0, 0.05) is 6.42 Å². The number of carbonyl (C=O) groups is 2. The van der Waals surface area contributed by atoms with Gasteiger partial charge in [0.2, 0.25) is 11.8 Å². The van der Waals surface area contributed by atoms with Crippen LogP contribution in [0.3, 0.4) is 0 Å². The first-order valence-corrected chi connectivity index (χ1v) is 6.77. The van der Waals surface area contributed by atoms with E-state index in [4.69, 9.17) is 11.0 Å². The summed E-state index contributed by atoms with van der Waals surface area (Å²) in [4.78, 5) is 23.2. The number of nitrogens with one attached hydrogen (secondary N) is 1. The molecule has 1 aromatic rings. The Hall–Kier alpha value is -2.56. The van der Waals surface area contributed by atoms with Crippen molar-refractivity contribution in [1.82, 2.24) is 5.32 Å². The zero-order chi connectivity index (χ0) is 17.6. The third kappa shape index (κ3) is 5.62. The molecule has 0 saturated heterocycles. The molecule has 0 spiro atoms. The Kier molecular flexibility index (Phi) is 6.13. The molecule has 0 aliphatic heterocycles. The number of nitrogens with two attached hydrogens (primary N) is 1. The smallest absolute Gasteiger partial charge is 0.368 e. The number of hydrogen-bond donors (Lipinski definition) is 2. The lowest BCUT2D eigenvalue weighted by atomic mass is 9.98. The molecular formula is C15H16F3N3O2. The number of hydrogen-bond acceptors (Lipinski definition) is 3. The molecule has 0 saturated carbocycles. The quantitative estimate of drug-likeness (QED) is 0.833. The largest absolute Gasteiger partial charge is 0.416 e. The number of amides is 2. The molecule has 0 aliphatic rings. The van der Waals surface area contributed by atoms with Crippen molar-refractivity contribution in [2.24, 2.45) is 11.7 Å². The third-order valence-electron chi connectivity index (χ3n) is 3.25. The molecule has 0 aromatic heterocycles. The van der Waals surface area contributed by atoms with Gasteiger partial charge in [-0.05, 0) is 23.6 Å². The lowest BCUT2D eigenvalue weighted by Gasteiger charge is -2.20. The zero-order valence-electron chi connectivity index (χ0n) is 12.4. The van der Waals surface area contributed by atoms with Gasteiger partial charge in [-0.2, -0.15) is 18.4 Å². The van der Waals surface area contributed by atoms with Gasteiger partial charge in [-0.25, -0.2) is 0 Å². The molecule has 0 fully saturated rings. The molecule has 2 atom stereocenters. The van der Waals surface area contributed by atoms with Gasteiger partial charge in [0.25, 0.3) is 0 Å². The topological polar surface area (TPSA) is 96.0 Å². The summed E-state index contributed by atoms with van der Waals surface area (Å²) in [7, 11) is 0. The Morgan fingerprint density at radius 2 is 1.87 bits per heavy atom. The van der Waals surface area contributed by atoms with E-state index in [2.05, 4.69) is 5.32 Å². The second kappa shape index (κ2) is 7.63. The van der Waals surface area contributed by atoms with E-state index in [1.165, 1.54) is 12.1 Å². The molecule has 0 heterocycles. The Balaban J connectivity index is 2.72. The first-order chi connectivity index (χ1) is 10.6. The van der Waals surface area contributed by atoms with Crippen LogP contribution in [-0.2, 0) is 22.2 Å². The van der Waals surface area contributed by atoms with Gasteiger partial charge in [-0.1, -0.05) is 19.1 Å². The minimum Gasteiger partial charge on any atom is -0.368 e. The molecule has 0 bridgehead atoms. The summed E-state index contributed by atoms with van der Waals surface area (Å²) >= 11 is 0. The van der Waals surface area contributed by atoms with Gasteiger partial charge in [0.05, 0.1) is 18.1 Å². The summed E-state index contributed by atoms with van der Waals surface area (Å²) in [6.07, 6.45) is -4.60. The summed E-state index contributed by atoms with van der Waals surface area (Å²) in [5.41, 5.74) is 4.75. The Bertz CT molecular complexity index is 606. The predicted molar refractivity (Wildman–Crippen MR) is 75.7 cm³/mol. The highest BCUT2D eigenvalue weighted by Gasteiger charge is 2.30. The number of halogens is 3. The van der Waals surface area contributed by atoms with E-state index in [1.807, 2.05) is 6.07 Å². The first-order valence-electron chi connectivity index (χ1n) is 6.77. The Morgan fingerprint density at radius 3 is 2.30 bits per heavy atom. The Labute approximate surface area is 131 Å². The van der Waals surface area contributed by atoms with Crippen molar-refractivity contribution in [1.29, 1.82) is 5.26 Å². The highest BCUT2D eigenvalue weighted by atomic mass is 19.4. The van der Waals surface area contributed by atoms with Crippen molar-refractivity contribution in [2.45, 2.75) is 32.0 Å². The molecule has 1 aromatic carbocycles.